The molecule has 0 radical (unpaired) electrons. The molecule has 200 valence electrons. The summed E-state index contributed by atoms with van der Waals surface area (Å²) in [5.41, 5.74) is 1.72. The molecule has 0 unspecified atom stereocenters. The Labute approximate surface area is 222 Å². The van der Waals surface area contributed by atoms with Crippen LogP contribution in [0.4, 0.5) is 5.69 Å². The summed E-state index contributed by atoms with van der Waals surface area (Å²) in [7, 11) is -2.58. The van der Waals surface area contributed by atoms with E-state index in [2.05, 4.69) is 10.0 Å². The third-order valence-corrected chi connectivity index (χ3v) is 7.64. The van der Waals surface area contributed by atoms with Gasteiger partial charge in [0.15, 0.2) is 6.10 Å². The first kappa shape index (κ1) is 27.2. The van der Waals surface area contributed by atoms with Crippen molar-refractivity contribution in [2.45, 2.75) is 37.3 Å². The Hall–Kier alpha value is -3.89. The molecule has 38 heavy (non-hydrogen) atoms. The van der Waals surface area contributed by atoms with Crippen LogP contribution in [0.1, 0.15) is 29.8 Å². The SMILES string of the molecule is COc1ccc(C(=O)N2C[C@H](C(=O)NCCc3ccccc3)Oc3ccccc32)cc1S(=O)(=O)NC(C)C. The number of para-hydroxylation sites is 2. The molecule has 3 aromatic rings. The van der Waals surface area contributed by atoms with E-state index < -0.39 is 22.0 Å². The van der Waals surface area contributed by atoms with Crippen molar-refractivity contribution in [1.29, 1.82) is 0 Å². The van der Waals surface area contributed by atoms with Crippen LogP contribution in [0.25, 0.3) is 0 Å². The highest BCUT2D eigenvalue weighted by atomic mass is 32.2. The van der Waals surface area contributed by atoms with E-state index in [4.69, 9.17) is 9.47 Å². The molecule has 0 fully saturated rings. The van der Waals surface area contributed by atoms with Gasteiger partial charge in [-0.2, -0.15) is 0 Å². The number of ether oxygens (including phenoxy) is 2. The fourth-order valence-electron chi connectivity index (χ4n) is 4.20. The van der Waals surface area contributed by atoms with Crippen LogP contribution >= 0.6 is 0 Å². The van der Waals surface area contributed by atoms with Gasteiger partial charge in [-0.15, -0.1) is 0 Å². The minimum Gasteiger partial charge on any atom is -0.495 e. The fourth-order valence-corrected chi connectivity index (χ4v) is 5.65. The molecule has 2 N–H and O–H groups in total. The Bertz CT molecular complexity index is 1410. The van der Waals surface area contributed by atoms with Gasteiger partial charge in [-0.25, -0.2) is 13.1 Å². The Kier molecular flexibility index (Phi) is 8.33. The van der Waals surface area contributed by atoms with Crippen LogP contribution in [-0.4, -0.2) is 52.6 Å². The van der Waals surface area contributed by atoms with Gasteiger partial charge >= 0.3 is 0 Å². The van der Waals surface area contributed by atoms with Gasteiger partial charge in [0.25, 0.3) is 11.8 Å². The zero-order chi connectivity index (χ0) is 27.3. The molecule has 2 amide bonds. The topological polar surface area (TPSA) is 114 Å². The average Bonchev–Trinajstić information content (AvgIpc) is 2.91. The molecule has 4 rings (SSSR count). The molecule has 0 spiro atoms. The molecule has 0 bridgehead atoms. The first-order valence-corrected chi connectivity index (χ1v) is 13.8. The van der Waals surface area contributed by atoms with Crippen molar-refractivity contribution in [2.75, 3.05) is 25.1 Å². The van der Waals surface area contributed by atoms with Gasteiger partial charge in [-0.3, -0.25) is 9.59 Å². The van der Waals surface area contributed by atoms with Crippen molar-refractivity contribution in [2.24, 2.45) is 0 Å². The lowest BCUT2D eigenvalue weighted by molar-refractivity contribution is -0.127. The molecule has 0 saturated heterocycles. The van der Waals surface area contributed by atoms with Crippen LogP contribution in [0.3, 0.4) is 0 Å². The lowest BCUT2D eigenvalue weighted by Gasteiger charge is -2.34. The number of methoxy groups -OCH3 is 1. The number of nitrogens with zero attached hydrogens (tertiary/aromatic N) is 1. The maximum Gasteiger partial charge on any atom is 0.262 e. The molecular weight excluding hydrogens is 506 g/mol. The van der Waals surface area contributed by atoms with E-state index in [1.807, 2.05) is 30.3 Å². The molecular formula is C28H31N3O6S. The summed E-state index contributed by atoms with van der Waals surface area (Å²) < 4.78 is 39.6. The summed E-state index contributed by atoms with van der Waals surface area (Å²) in [4.78, 5) is 28.0. The monoisotopic (exact) mass is 537 g/mol. The second-order valence-electron chi connectivity index (χ2n) is 9.16. The van der Waals surface area contributed by atoms with Crippen LogP contribution in [0.2, 0.25) is 0 Å². The second-order valence-corrected chi connectivity index (χ2v) is 10.8. The summed E-state index contributed by atoms with van der Waals surface area (Å²) in [6, 6.07) is 20.6. The van der Waals surface area contributed by atoms with E-state index in [-0.39, 0.29) is 34.7 Å². The number of carbonyl (C=O) groups is 2. The van der Waals surface area contributed by atoms with Crippen LogP contribution < -0.4 is 24.4 Å². The smallest absolute Gasteiger partial charge is 0.262 e. The van der Waals surface area contributed by atoms with Crippen molar-refractivity contribution in [3.63, 3.8) is 0 Å². The van der Waals surface area contributed by atoms with E-state index in [9.17, 15) is 18.0 Å². The normalized spacial score (nSPS) is 14.9. The molecule has 0 saturated carbocycles. The number of benzene rings is 3. The van der Waals surface area contributed by atoms with E-state index >= 15 is 0 Å². The van der Waals surface area contributed by atoms with E-state index in [1.54, 1.807) is 38.1 Å². The van der Waals surface area contributed by atoms with Crippen molar-refractivity contribution in [1.82, 2.24) is 10.0 Å². The van der Waals surface area contributed by atoms with Gasteiger partial charge in [0.1, 0.15) is 16.4 Å². The highest BCUT2D eigenvalue weighted by molar-refractivity contribution is 7.89. The minimum absolute atomic E-state index is 0.0363. The maximum atomic E-state index is 13.7. The quantitative estimate of drug-likeness (QED) is 0.434. The number of rotatable bonds is 9. The van der Waals surface area contributed by atoms with Crippen LogP contribution in [-0.2, 0) is 21.2 Å². The lowest BCUT2D eigenvalue weighted by atomic mass is 10.1. The van der Waals surface area contributed by atoms with Crippen molar-refractivity contribution < 1.29 is 27.5 Å². The Morgan fingerprint density at radius 1 is 1.05 bits per heavy atom. The predicted octanol–water partition coefficient (Wildman–Crippen LogP) is 3.15. The largest absolute Gasteiger partial charge is 0.495 e. The molecule has 9 nitrogen and oxygen atoms in total. The summed E-state index contributed by atoms with van der Waals surface area (Å²) in [6.45, 7) is 3.79. The number of fused-ring (bicyclic) bond motifs is 1. The first-order valence-electron chi connectivity index (χ1n) is 12.3. The maximum absolute atomic E-state index is 13.7. The summed E-state index contributed by atoms with van der Waals surface area (Å²) in [5, 5.41) is 2.89. The molecule has 1 heterocycles. The number of hydrogen-bond acceptors (Lipinski definition) is 6. The zero-order valence-electron chi connectivity index (χ0n) is 21.5. The number of amides is 2. The van der Waals surface area contributed by atoms with E-state index in [0.29, 0.717) is 24.4 Å². The Morgan fingerprint density at radius 3 is 2.47 bits per heavy atom. The number of sulfonamides is 1. The van der Waals surface area contributed by atoms with Crippen LogP contribution in [0.5, 0.6) is 11.5 Å². The number of carbonyl (C=O) groups excluding carboxylic acids is 2. The molecule has 0 aromatic heterocycles. The van der Waals surface area contributed by atoms with E-state index in [0.717, 1.165) is 5.56 Å². The zero-order valence-corrected chi connectivity index (χ0v) is 22.3. The van der Waals surface area contributed by atoms with E-state index in [1.165, 1.54) is 30.2 Å². The van der Waals surface area contributed by atoms with Gasteiger partial charge in [0, 0.05) is 18.2 Å². The predicted molar refractivity (Wildman–Crippen MR) is 144 cm³/mol. The molecule has 0 aliphatic carbocycles. The average molecular weight is 538 g/mol. The van der Waals surface area contributed by atoms with Gasteiger partial charge in [0.05, 0.1) is 19.3 Å². The molecule has 10 heteroatoms. The molecule has 1 aliphatic heterocycles. The number of nitrogens with one attached hydrogen (secondary N) is 2. The number of hydrogen-bond donors (Lipinski definition) is 2. The van der Waals surface area contributed by atoms with Crippen LogP contribution in [0.15, 0.2) is 77.7 Å². The van der Waals surface area contributed by atoms with Crippen molar-refractivity contribution >= 4 is 27.5 Å². The van der Waals surface area contributed by atoms with Gasteiger partial charge < -0.3 is 19.7 Å². The van der Waals surface area contributed by atoms with Gasteiger partial charge in [-0.05, 0) is 56.2 Å². The third-order valence-electron chi connectivity index (χ3n) is 5.96. The summed E-state index contributed by atoms with van der Waals surface area (Å²) >= 11 is 0. The Morgan fingerprint density at radius 2 is 1.76 bits per heavy atom. The van der Waals surface area contributed by atoms with Gasteiger partial charge in [0.2, 0.25) is 10.0 Å². The van der Waals surface area contributed by atoms with Crippen molar-refractivity contribution in [3.8, 4) is 11.5 Å². The second kappa shape index (κ2) is 11.7. The minimum atomic E-state index is -3.94. The highest BCUT2D eigenvalue weighted by Gasteiger charge is 2.35. The summed E-state index contributed by atoms with van der Waals surface area (Å²) in [5.74, 6) is -0.301. The van der Waals surface area contributed by atoms with Crippen molar-refractivity contribution in [3.05, 3.63) is 83.9 Å². The molecule has 3 aromatic carbocycles. The molecule has 1 aliphatic rings. The van der Waals surface area contributed by atoms with Crippen LogP contribution in [0, 0.1) is 0 Å². The highest BCUT2D eigenvalue weighted by Crippen LogP contribution is 2.35. The fraction of sp³-hybridized carbons (Fsp3) is 0.286. The summed E-state index contributed by atoms with van der Waals surface area (Å²) in [6.07, 6.45) is -0.278. The standard InChI is InChI=1S/C28H31N3O6S/c1-19(2)30-38(34,35)26-17-21(13-14-24(26)36-3)28(33)31-18-25(37-23-12-8-7-11-22(23)31)27(32)29-16-15-20-9-5-4-6-10-20/h4-14,17,19,25,30H,15-16,18H2,1-3H3,(H,29,32)/t25-/m1/s1. The lowest BCUT2D eigenvalue weighted by Crippen LogP contribution is -2.51. The number of anilines is 1. The third kappa shape index (κ3) is 6.15. The van der Waals surface area contributed by atoms with Gasteiger partial charge in [-0.1, -0.05) is 42.5 Å². The first-order chi connectivity index (χ1) is 18.2. The molecule has 1 atom stereocenters. The Balaban J connectivity index is 1.58.